The zero-order valence-electron chi connectivity index (χ0n) is 9.13. The minimum absolute atomic E-state index is 0.962. The Bertz CT molecular complexity index is 742. The zero-order chi connectivity index (χ0) is 13.4. The molecule has 0 aliphatic carbocycles. The van der Waals surface area contributed by atoms with Crippen molar-refractivity contribution in [2.24, 2.45) is 0 Å². The molecular formula is C10H5BrI2N4S2. The van der Waals surface area contributed by atoms with Gasteiger partial charge in [0, 0.05) is 88.5 Å². The first-order chi connectivity index (χ1) is 9.24. The van der Waals surface area contributed by atoms with E-state index in [2.05, 4.69) is 84.7 Å². The molecule has 0 aliphatic rings. The van der Waals surface area contributed by atoms with Crippen molar-refractivity contribution in [1.82, 2.24) is 18.1 Å². The van der Waals surface area contributed by atoms with E-state index in [0.717, 1.165) is 26.8 Å². The van der Waals surface area contributed by atoms with E-state index in [9.17, 15) is 0 Å². The fourth-order valence-corrected chi connectivity index (χ4v) is 4.70. The third-order valence-electron chi connectivity index (χ3n) is 2.60. The van der Waals surface area contributed by atoms with Gasteiger partial charge in [-0.1, -0.05) is 0 Å². The Hall–Kier alpha value is 0.540. The lowest BCUT2D eigenvalue weighted by Crippen LogP contribution is -1.88. The number of nitrogens with zero attached hydrogens (tertiary/aromatic N) is 4. The van der Waals surface area contributed by atoms with E-state index in [1.54, 1.807) is 18.2 Å². The molecule has 98 valence electrons. The van der Waals surface area contributed by atoms with Gasteiger partial charge in [0.2, 0.25) is 0 Å². The molecule has 3 heterocycles. The molecule has 0 amide bonds. The molecule has 0 spiro atoms. The third kappa shape index (κ3) is 2.68. The minimum atomic E-state index is 0.962. The van der Waals surface area contributed by atoms with E-state index in [4.69, 9.17) is 0 Å². The van der Waals surface area contributed by atoms with Gasteiger partial charge in [0.1, 0.15) is 0 Å². The monoisotopic (exact) mass is 578 g/mol. The van der Waals surface area contributed by atoms with Crippen LogP contribution in [0.1, 0.15) is 0 Å². The molecule has 0 atom stereocenters. The van der Waals surface area contributed by atoms with E-state index < -0.39 is 0 Å². The minimum Gasteiger partial charge on any atom is -0.265 e. The number of rotatable bonds is 3. The van der Waals surface area contributed by atoms with Crippen LogP contribution in [0.2, 0.25) is 0 Å². The second-order valence-corrected chi connectivity index (χ2v) is 7.92. The van der Waals surface area contributed by atoms with Crippen LogP contribution in [0.3, 0.4) is 0 Å². The summed E-state index contributed by atoms with van der Waals surface area (Å²) in [5.41, 5.74) is 3.17. The van der Waals surface area contributed by atoms with Crippen molar-refractivity contribution in [1.29, 1.82) is 0 Å². The largest absolute Gasteiger partial charge is 0.265 e. The molecule has 0 saturated heterocycles. The summed E-state index contributed by atoms with van der Waals surface area (Å²) in [6.07, 6.45) is 5.73. The molecule has 3 aromatic rings. The molecule has 3 aromatic heterocycles. The van der Waals surface area contributed by atoms with Crippen molar-refractivity contribution in [2.75, 3.05) is 0 Å². The molecule has 0 saturated carbocycles. The van der Waals surface area contributed by atoms with Crippen LogP contribution in [0.4, 0.5) is 0 Å². The van der Waals surface area contributed by atoms with Gasteiger partial charge in [0.25, 0.3) is 0 Å². The van der Waals surface area contributed by atoms with Crippen molar-refractivity contribution in [3.8, 4) is 11.3 Å². The van der Waals surface area contributed by atoms with Crippen molar-refractivity contribution in [2.45, 2.75) is 0 Å². The highest BCUT2D eigenvalue weighted by Gasteiger charge is 2.15. The predicted octanol–water partition coefficient (Wildman–Crippen LogP) is 5.35. The van der Waals surface area contributed by atoms with E-state index >= 15 is 0 Å². The SMILES string of the molecule is Brc1cnc2c(c1)c(-c1ccnn1SI)cn2SI. The number of pyridine rings is 1. The number of hydrogen-bond acceptors (Lipinski definition) is 4. The number of hydrogen-bond donors (Lipinski definition) is 0. The lowest BCUT2D eigenvalue weighted by molar-refractivity contribution is 1.03. The molecule has 0 unspecified atom stereocenters. The lowest BCUT2D eigenvalue weighted by atomic mass is 10.2. The normalized spacial score (nSPS) is 11.3. The summed E-state index contributed by atoms with van der Waals surface area (Å²) in [5.74, 6) is 0. The molecule has 0 aromatic carbocycles. The van der Waals surface area contributed by atoms with Gasteiger partial charge >= 0.3 is 0 Å². The molecule has 9 heteroatoms. The molecule has 0 fully saturated rings. The number of aromatic nitrogens is 4. The Labute approximate surface area is 150 Å². The second-order valence-electron chi connectivity index (χ2n) is 3.62. The van der Waals surface area contributed by atoms with Gasteiger partial charge in [-0.3, -0.25) is 3.97 Å². The Kier molecular flexibility index (Phi) is 4.66. The Morgan fingerprint density at radius 3 is 2.84 bits per heavy atom. The molecule has 0 radical (unpaired) electrons. The fourth-order valence-electron chi connectivity index (χ4n) is 1.85. The fraction of sp³-hybridized carbons (Fsp3) is 0. The van der Waals surface area contributed by atoms with E-state index in [-0.39, 0.29) is 0 Å². The zero-order valence-corrected chi connectivity index (χ0v) is 16.7. The molecule has 3 rings (SSSR count). The van der Waals surface area contributed by atoms with Crippen LogP contribution in [0.5, 0.6) is 0 Å². The van der Waals surface area contributed by atoms with Crippen molar-refractivity contribution in [3.63, 3.8) is 0 Å². The Balaban J connectivity index is 2.31. The summed E-state index contributed by atoms with van der Waals surface area (Å²) < 4.78 is 4.94. The van der Waals surface area contributed by atoms with E-state index in [0.29, 0.717) is 0 Å². The number of fused-ring (bicyclic) bond motifs is 1. The van der Waals surface area contributed by atoms with Gasteiger partial charge in [-0.2, -0.15) is 9.19 Å². The maximum atomic E-state index is 4.49. The maximum Gasteiger partial charge on any atom is 0.151 e. The van der Waals surface area contributed by atoms with Crippen molar-refractivity contribution >= 4 is 87.6 Å². The Morgan fingerprint density at radius 1 is 1.26 bits per heavy atom. The molecular weight excluding hydrogens is 574 g/mol. The highest BCUT2D eigenvalue weighted by atomic mass is 127. The van der Waals surface area contributed by atoms with Crippen molar-refractivity contribution in [3.05, 3.63) is 35.2 Å². The van der Waals surface area contributed by atoms with Crippen LogP contribution in [0, 0.1) is 0 Å². The van der Waals surface area contributed by atoms with Crippen molar-refractivity contribution < 1.29 is 0 Å². The average molecular weight is 579 g/mol. The van der Waals surface area contributed by atoms with Gasteiger partial charge in [-0.05, 0) is 28.1 Å². The lowest BCUT2D eigenvalue weighted by Gasteiger charge is -2.00. The molecule has 0 N–H and O–H groups in total. The van der Waals surface area contributed by atoms with Crippen LogP contribution in [0.15, 0.2) is 35.2 Å². The molecule has 0 bridgehead atoms. The Morgan fingerprint density at radius 2 is 2.11 bits per heavy atom. The first kappa shape index (κ1) is 14.5. The quantitative estimate of drug-likeness (QED) is 0.392. The van der Waals surface area contributed by atoms with Gasteiger partial charge in [0.05, 0.1) is 11.9 Å². The second kappa shape index (κ2) is 6.12. The van der Waals surface area contributed by atoms with Gasteiger partial charge in [0.15, 0.2) is 5.65 Å². The molecule has 19 heavy (non-hydrogen) atoms. The average Bonchev–Trinajstić information content (AvgIpc) is 3.01. The summed E-state index contributed by atoms with van der Waals surface area (Å²) >= 11 is 7.97. The third-order valence-corrected chi connectivity index (χ3v) is 6.28. The summed E-state index contributed by atoms with van der Waals surface area (Å²) in [6, 6.07) is 4.11. The van der Waals surface area contributed by atoms with Gasteiger partial charge < -0.3 is 0 Å². The summed E-state index contributed by atoms with van der Waals surface area (Å²) in [5, 5.41) is 5.41. The number of halogens is 3. The summed E-state index contributed by atoms with van der Waals surface area (Å²) in [4.78, 5) is 4.49. The first-order valence-electron chi connectivity index (χ1n) is 5.03. The first-order valence-corrected chi connectivity index (χ1v) is 12.5. The summed E-state index contributed by atoms with van der Waals surface area (Å²) in [6.45, 7) is 0. The van der Waals surface area contributed by atoms with Gasteiger partial charge in [-0.15, -0.1) is 0 Å². The van der Waals surface area contributed by atoms with Gasteiger partial charge in [-0.25, -0.2) is 4.98 Å². The standard InChI is InChI=1S/C10H5BrI2N4S2/c11-6-3-7-8(9-1-2-15-17(9)19-13)5-16(18-12)10(7)14-4-6/h1-5H. The van der Waals surface area contributed by atoms with E-state index in [1.165, 1.54) is 0 Å². The van der Waals surface area contributed by atoms with Crippen LogP contribution in [-0.4, -0.2) is 18.1 Å². The van der Waals surface area contributed by atoms with Crippen LogP contribution in [0.25, 0.3) is 22.3 Å². The topological polar surface area (TPSA) is 35.6 Å². The maximum absolute atomic E-state index is 4.49. The predicted molar refractivity (Wildman–Crippen MR) is 103 cm³/mol. The van der Waals surface area contributed by atoms with E-state index in [1.807, 2.05) is 22.5 Å². The summed E-state index contributed by atoms with van der Waals surface area (Å²) in [7, 11) is 3.16. The van der Waals surface area contributed by atoms with Crippen LogP contribution < -0.4 is 0 Å². The smallest absolute Gasteiger partial charge is 0.151 e. The van der Waals surface area contributed by atoms with Crippen LogP contribution in [-0.2, 0) is 0 Å². The molecule has 4 nitrogen and oxygen atoms in total. The molecule has 0 aliphatic heterocycles. The highest BCUT2D eigenvalue weighted by molar-refractivity contribution is 14.2. The highest BCUT2D eigenvalue weighted by Crippen LogP contribution is 2.36. The van der Waals surface area contributed by atoms with Crippen LogP contribution >= 0.6 is 76.6 Å².